The summed E-state index contributed by atoms with van der Waals surface area (Å²) in [6, 6.07) is 8.50. The van der Waals surface area contributed by atoms with E-state index in [0.29, 0.717) is 12.1 Å². The predicted octanol–water partition coefficient (Wildman–Crippen LogP) is 2.64. The van der Waals surface area contributed by atoms with Gasteiger partial charge in [-0.25, -0.2) is 0 Å². The van der Waals surface area contributed by atoms with Crippen LogP contribution in [-0.2, 0) is 0 Å². The van der Waals surface area contributed by atoms with Crippen molar-refractivity contribution in [1.82, 2.24) is 0 Å². The first kappa shape index (κ1) is 10.5. The lowest BCUT2D eigenvalue weighted by molar-refractivity contribution is 0.143. The highest BCUT2D eigenvalue weighted by atomic mass is 16.5. The van der Waals surface area contributed by atoms with Gasteiger partial charge < -0.3 is 10.5 Å². The Labute approximate surface area is 91.4 Å². The smallest absolute Gasteiger partial charge is 0.122 e. The third-order valence-electron chi connectivity index (χ3n) is 3.05. The van der Waals surface area contributed by atoms with Gasteiger partial charge in [0.25, 0.3) is 0 Å². The molecular weight excluding hydrogens is 186 g/mol. The summed E-state index contributed by atoms with van der Waals surface area (Å²) in [6.07, 6.45) is 4.79. The van der Waals surface area contributed by atoms with E-state index >= 15 is 0 Å². The first-order chi connectivity index (χ1) is 7.25. The van der Waals surface area contributed by atoms with E-state index in [9.17, 15) is 0 Å². The number of aryl methyl sites for hydroxylation is 1. The SMILES string of the molecule is Cc1ccccc1OC1CCCC(N)C1. The lowest BCUT2D eigenvalue weighted by Gasteiger charge is -2.27. The summed E-state index contributed by atoms with van der Waals surface area (Å²) in [5, 5.41) is 0. The van der Waals surface area contributed by atoms with Gasteiger partial charge in [-0.2, -0.15) is 0 Å². The molecule has 0 bridgehead atoms. The molecule has 1 aromatic carbocycles. The minimum atomic E-state index is 0.315. The van der Waals surface area contributed by atoms with Crippen LogP contribution in [0.25, 0.3) is 0 Å². The van der Waals surface area contributed by atoms with E-state index in [-0.39, 0.29) is 0 Å². The Hall–Kier alpha value is -1.02. The number of para-hydroxylation sites is 1. The average molecular weight is 205 g/mol. The summed E-state index contributed by atoms with van der Waals surface area (Å²) in [5.74, 6) is 1.01. The van der Waals surface area contributed by atoms with Crippen molar-refractivity contribution in [3.05, 3.63) is 29.8 Å². The molecule has 2 nitrogen and oxygen atoms in total. The second-order valence-corrected chi connectivity index (χ2v) is 4.43. The largest absolute Gasteiger partial charge is 0.490 e. The Morgan fingerprint density at radius 1 is 1.27 bits per heavy atom. The quantitative estimate of drug-likeness (QED) is 0.805. The van der Waals surface area contributed by atoms with Crippen molar-refractivity contribution in [2.24, 2.45) is 5.73 Å². The molecule has 15 heavy (non-hydrogen) atoms. The van der Waals surface area contributed by atoms with E-state index in [2.05, 4.69) is 13.0 Å². The lowest BCUT2D eigenvalue weighted by Crippen LogP contribution is -2.33. The zero-order valence-corrected chi connectivity index (χ0v) is 9.28. The van der Waals surface area contributed by atoms with Crippen LogP contribution < -0.4 is 10.5 Å². The second kappa shape index (κ2) is 4.67. The Morgan fingerprint density at radius 2 is 2.07 bits per heavy atom. The van der Waals surface area contributed by atoms with E-state index < -0.39 is 0 Å². The molecule has 2 rings (SSSR count). The standard InChI is InChI=1S/C13H19NO/c1-10-5-2-3-8-13(10)15-12-7-4-6-11(14)9-12/h2-3,5,8,11-12H,4,6-7,9,14H2,1H3. The second-order valence-electron chi connectivity index (χ2n) is 4.43. The maximum absolute atomic E-state index is 5.98. The Kier molecular flexibility index (Phi) is 3.27. The molecule has 0 saturated heterocycles. The molecule has 1 aromatic rings. The molecule has 82 valence electrons. The van der Waals surface area contributed by atoms with Crippen molar-refractivity contribution in [3.63, 3.8) is 0 Å². The number of hydrogen-bond acceptors (Lipinski definition) is 2. The molecule has 0 aromatic heterocycles. The van der Waals surface area contributed by atoms with Gasteiger partial charge in [-0.3, -0.25) is 0 Å². The molecule has 1 fully saturated rings. The highest BCUT2D eigenvalue weighted by Crippen LogP contribution is 2.24. The molecule has 2 N–H and O–H groups in total. The van der Waals surface area contributed by atoms with Crippen molar-refractivity contribution in [3.8, 4) is 5.75 Å². The van der Waals surface area contributed by atoms with Crippen LogP contribution in [0.4, 0.5) is 0 Å². The van der Waals surface area contributed by atoms with Gasteiger partial charge in [-0.15, -0.1) is 0 Å². The van der Waals surface area contributed by atoms with Gasteiger partial charge in [0, 0.05) is 6.04 Å². The first-order valence-corrected chi connectivity index (χ1v) is 5.73. The number of ether oxygens (including phenoxy) is 1. The minimum Gasteiger partial charge on any atom is -0.490 e. The van der Waals surface area contributed by atoms with Crippen molar-refractivity contribution in [2.75, 3.05) is 0 Å². The molecule has 1 aliphatic carbocycles. The van der Waals surface area contributed by atoms with E-state index in [0.717, 1.165) is 25.0 Å². The number of benzene rings is 1. The van der Waals surface area contributed by atoms with Crippen LogP contribution >= 0.6 is 0 Å². The zero-order valence-electron chi connectivity index (χ0n) is 9.28. The summed E-state index contributed by atoms with van der Waals surface area (Å²) in [7, 11) is 0. The van der Waals surface area contributed by atoms with Crippen LogP contribution in [0, 0.1) is 6.92 Å². The Bertz CT molecular complexity index is 324. The number of nitrogens with two attached hydrogens (primary N) is 1. The highest BCUT2D eigenvalue weighted by molar-refractivity contribution is 5.31. The molecule has 2 unspecified atom stereocenters. The van der Waals surface area contributed by atoms with E-state index in [1.54, 1.807) is 0 Å². The van der Waals surface area contributed by atoms with Gasteiger partial charge in [0.15, 0.2) is 0 Å². The van der Waals surface area contributed by atoms with Gasteiger partial charge in [0.2, 0.25) is 0 Å². The average Bonchev–Trinajstić information content (AvgIpc) is 2.22. The van der Waals surface area contributed by atoms with Crippen molar-refractivity contribution in [2.45, 2.75) is 44.8 Å². The molecule has 1 saturated carbocycles. The van der Waals surface area contributed by atoms with E-state index in [1.807, 2.05) is 18.2 Å². The normalized spacial score (nSPS) is 26.3. The fraction of sp³-hybridized carbons (Fsp3) is 0.538. The summed E-state index contributed by atoms with van der Waals surface area (Å²) >= 11 is 0. The molecule has 0 amide bonds. The third kappa shape index (κ3) is 2.72. The van der Waals surface area contributed by atoms with Crippen LogP contribution in [0.2, 0.25) is 0 Å². The van der Waals surface area contributed by atoms with Crippen molar-refractivity contribution < 1.29 is 4.74 Å². The number of rotatable bonds is 2. The van der Waals surface area contributed by atoms with Crippen molar-refractivity contribution >= 4 is 0 Å². The minimum absolute atomic E-state index is 0.315. The zero-order chi connectivity index (χ0) is 10.7. The monoisotopic (exact) mass is 205 g/mol. The molecule has 1 aliphatic rings. The summed E-state index contributed by atoms with van der Waals surface area (Å²) in [5.41, 5.74) is 7.14. The van der Waals surface area contributed by atoms with Crippen LogP contribution in [-0.4, -0.2) is 12.1 Å². The van der Waals surface area contributed by atoms with Crippen LogP contribution in [0.5, 0.6) is 5.75 Å². The molecule has 0 heterocycles. The van der Waals surface area contributed by atoms with Gasteiger partial charge in [0.1, 0.15) is 11.9 Å². The van der Waals surface area contributed by atoms with Crippen LogP contribution in [0.1, 0.15) is 31.2 Å². The Balaban J connectivity index is 1.99. The molecule has 0 aliphatic heterocycles. The predicted molar refractivity (Wildman–Crippen MR) is 62.0 cm³/mol. The summed E-state index contributed by atoms with van der Waals surface area (Å²) in [6.45, 7) is 2.08. The maximum atomic E-state index is 5.98. The fourth-order valence-corrected chi connectivity index (χ4v) is 2.16. The van der Waals surface area contributed by atoms with Gasteiger partial charge in [0.05, 0.1) is 0 Å². The maximum Gasteiger partial charge on any atom is 0.122 e. The molecule has 2 heteroatoms. The van der Waals surface area contributed by atoms with Crippen molar-refractivity contribution in [1.29, 1.82) is 0 Å². The van der Waals surface area contributed by atoms with Gasteiger partial charge in [-0.1, -0.05) is 18.2 Å². The van der Waals surface area contributed by atoms with Crippen LogP contribution in [0.3, 0.4) is 0 Å². The molecule has 0 radical (unpaired) electrons. The van der Waals surface area contributed by atoms with E-state index in [4.69, 9.17) is 10.5 Å². The molecule has 0 spiro atoms. The molecular formula is C13H19NO. The molecule has 2 atom stereocenters. The summed E-state index contributed by atoms with van der Waals surface area (Å²) < 4.78 is 5.98. The number of hydrogen-bond donors (Lipinski definition) is 1. The third-order valence-corrected chi connectivity index (χ3v) is 3.05. The summed E-state index contributed by atoms with van der Waals surface area (Å²) in [4.78, 5) is 0. The van der Waals surface area contributed by atoms with E-state index in [1.165, 1.54) is 12.0 Å². The lowest BCUT2D eigenvalue weighted by atomic mass is 9.93. The van der Waals surface area contributed by atoms with Crippen LogP contribution in [0.15, 0.2) is 24.3 Å². The highest BCUT2D eigenvalue weighted by Gasteiger charge is 2.20. The first-order valence-electron chi connectivity index (χ1n) is 5.73. The van der Waals surface area contributed by atoms with Gasteiger partial charge >= 0.3 is 0 Å². The van der Waals surface area contributed by atoms with Gasteiger partial charge in [-0.05, 0) is 44.2 Å². The fourth-order valence-electron chi connectivity index (χ4n) is 2.16. The topological polar surface area (TPSA) is 35.2 Å². The Morgan fingerprint density at radius 3 is 2.80 bits per heavy atom.